The number of rotatable bonds is 5. The van der Waals surface area contributed by atoms with Crippen LogP contribution in [0.1, 0.15) is 44.2 Å². The van der Waals surface area contributed by atoms with Crippen molar-refractivity contribution in [3.05, 3.63) is 42.4 Å². The second-order valence-corrected chi connectivity index (χ2v) is 5.77. The van der Waals surface area contributed by atoms with E-state index in [1.54, 1.807) is 12.4 Å². The normalized spacial score (nSPS) is 16.0. The van der Waals surface area contributed by atoms with Crippen LogP contribution >= 0.6 is 0 Å². The van der Waals surface area contributed by atoms with Crippen molar-refractivity contribution in [3.63, 3.8) is 0 Å². The molecule has 0 atom stereocenters. The van der Waals surface area contributed by atoms with Crippen LogP contribution in [0.5, 0.6) is 0 Å². The number of anilines is 2. The van der Waals surface area contributed by atoms with Gasteiger partial charge in [0.15, 0.2) is 0 Å². The molecule has 1 fully saturated rings. The summed E-state index contributed by atoms with van der Waals surface area (Å²) in [5.74, 6) is 1.55. The molecule has 1 saturated carbocycles. The lowest BCUT2D eigenvalue weighted by Gasteiger charge is -2.16. The molecule has 116 valence electrons. The number of pyridine rings is 1. The Morgan fingerprint density at radius 2 is 1.82 bits per heavy atom. The van der Waals surface area contributed by atoms with E-state index in [-0.39, 0.29) is 0 Å². The van der Waals surface area contributed by atoms with Gasteiger partial charge in [0.2, 0.25) is 5.95 Å². The first-order valence-corrected chi connectivity index (χ1v) is 8.13. The van der Waals surface area contributed by atoms with Gasteiger partial charge in [0.1, 0.15) is 5.82 Å². The van der Waals surface area contributed by atoms with E-state index in [2.05, 4.69) is 25.6 Å². The first kappa shape index (κ1) is 14.8. The van der Waals surface area contributed by atoms with Crippen molar-refractivity contribution in [1.29, 1.82) is 0 Å². The van der Waals surface area contributed by atoms with Crippen molar-refractivity contribution in [2.24, 2.45) is 0 Å². The maximum absolute atomic E-state index is 4.55. The van der Waals surface area contributed by atoms with E-state index >= 15 is 0 Å². The van der Waals surface area contributed by atoms with Gasteiger partial charge in [-0.1, -0.05) is 31.7 Å². The lowest BCUT2D eigenvalue weighted by molar-refractivity contribution is 0.615. The molecule has 0 saturated heterocycles. The molecule has 0 unspecified atom stereocenters. The minimum Gasteiger partial charge on any atom is -0.364 e. The molecule has 0 bridgehead atoms. The molecule has 2 heterocycles. The van der Waals surface area contributed by atoms with Crippen LogP contribution in [-0.2, 0) is 6.54 Å². The smallest absolute Gasteiger partial charge is 0.224 e. The second kappa shape index (κ2) is 7.73. The summed E-state index contributed by atoms with van der Waals surface area (Å²) < 4.78 is 0. The van der Waals surface area contributed by atoms with Gasteiger partial charge in [-0.05, 0) is 31.0 Å². The van der Waals surface area contributed by atoms with Crippen molar-refractivity contribution >= 4 is 11.8 Å². The molecule has 2 aromatic rings. The summed E-state index contributed by atoms with van der Waals surface area (Å²) in [6.07, 6.45) is 11.3. The third-order valence-electron chi connectivity index (χ3n) is 4.02. The molecule has 0 aliphatic heterocycles. The van der Waals surface area contributed by atoms with E-state index in [0.717, 1.165) is 17.5 Å². The Morgan fingerprint density at radius 1 is 0.955 bits per heavy atom. The van der Waals surface area contributed by atoms with Crippen LogP contribution in [0, 0.1) is 0 Å². The number of hydrogen-bond donors (Lipinski definition) is 2. The summed E-state index contributed by atoms with van der Waals surface area (Å²) in [6, 6.07) is 8.31. The summed E-state index contributed by atoms with van der Waals surface area (Å²) >= 11 is 0. The van der Waals surface area contributed by atoms with E-state index in [1.807, 2.05) is 24.3 Å². The van der Waals surface area contributed by atoms with Crippen LogP contribution in [0.2, 0.25) is 0 Å². The summed E-state index contributed by atoms with van der Waals surface area (Å²) in [5.41, 5.74) is 0.999. The summed E-state index contributed by atoms with van der Waals surface area (Å²) in [6.45, 7) is 0.667. The molecular formula is C17H23N5. The lowest BCUT2D eigenvalue weighted by Crippen LogP contribution is -2.20. The number of aromatic nitrogens is 3. The van der Waals surface area contributed by atoms with Gasteiger partial charge in [0.05, 0.1) is 12.2 Å². The molecule has 1 aliphatic rings. The Bertz CT molecular complexity index is 564. The van der Waals surface area contributed by atoms with Crippen molar-refractivity contribution in [1.82, 2.24) is 15.0 Å². The molecule has 0 aromatic carbocycles. The van der Waals surface area contributed by atoms with Gasteiger partial charge < -0.3 is 10.6 Å². The molecule has 0 amide bonds. The van der Waals surface area contributed by atoms with E-state index in [9.17, 15) is 0 Å². The van der Waals surface area contributed by atoms with Gasteiger partial charge in [-0.2, -0.15) is 4.98 Å². The molecule has 22 heavy (non-hydrogen) atoms. The number of hydrogen-bond acceptors (Lipinski definition) is 5. The fourth-order valence-electron chi connectivity index (χ4n) is 2.82. The molecule has 5 heteroatoms. The van der Waals surface area contributed by atoms with Crippen LogP contribution < -0.4 is 10.6 Å². The highest BCUT2D eigenvalue weighted by molar-refractivity contribution is 5.40. The topological polar surface area (TPSA) is 62.7 Å². The van der Waals surface area contributed by atoms with E-state index in [0.29, 0.717) is 12.6 Å². The molecular weight excluding hydrogens is 274 g/mol. The summed E-state index contributed by atoms with van der Waals surface area (Å²) in [5, 5.41) is 6.78. The summed E-state index contributed by atoms with van der Waals surface area (Å²) in [4.78, 5) is 13.2. The zero-order chi connectivity index (χ0) is 15.0. The standard InChI is InChI=1S/C17H23N5/c1-2-4-8-14(7-3-1)21-17-19-12-10-16(22-17)20-13-15-9-5-6-11-18-15/h5-6,9-12,14H,1-4,7-8,13H2,(H2,19,20,21,22). The van der Waals surface area contributed by atoms with Crippen LogP contribution in [0.15, 0.2) is 36.7 Å². The van der Waals surface area contributed by atoms with Gasteiger partial charge in [-0.3, -0.25) is 4.98 Å². The zero-order valence-corrected chi connectivity index (χ0v) is 12.8. The highest BCUT2D eigenvalue weighted by Gasteiger charge is 2.13. The molecule has 2 aromatic heterocycles. The third kappa shape index (κ3) is 4.41. The van der Waals surface area contributed by atoms with E-state index in [1.165, 1.54) is 38.5 Å². The average Bonchev–Trinajstić information content (AvgIpc) is 2.83. The van der Waals surface area contributed by atoms with Crippen LogP contribution in [0.4, 0.5) is 11.8 Å². The van der Waals surface area contributed by atoms with Crippen LogP contribution in [-0.4, -0.2) is 21.0 Å². The van der Waals surface area contributed by atoms with E-state index in [4.69, 9.17) is 0 Å². The summed E-state index contributed by atoms with van der Waals surface area (Å²) in [7, 11) is 0. The van der Waals surface area contributed by atoms with Gasteiger partial charge >= 0.3 is 0 Å². The highest BCUT2D eigenvalue weighted by Crippen LogP contribution is 2.20. The van der Waals surface area contributed by atoms with E-state index < -0.39 is 0 Å². The Balaban J connectivity index is 1.57. The van der Waals surface area contributed by atoms with Crippen molar-refractivity contribution in [2.75, 3.05) is 10.6 Å². The fraction of sp³-hybridized carbons (Fsp3) is 0.471. The largest absolute Gasteiger partial charge is 0.364 e. The molecule has 5 nitrogen and oxygen atoms in total. The highest BCUT2D eigenvalue weighted by atomic mass is 15.1. The lowest BCUT2D eigenvalue weighted by atomic mass is 10.1. The molecule has 0 spiro atoms. The molecule has 0 radical (unpaired) electrons. The Labute approximate surface area is 131 Å². The van der Waals surface area contributed by atoms with Crippen molar-refractivity contribution < 1.29 is 0 Å². The van der Waals surface area contributed by atoms with Gasteiger partial charge in [-0.25, -0.2) is 4.98 Å². The Morgan fingerprint density at radius 3 is 2.59 bits per heavy atom. The first-order valence-electron chi connectivity index (χ1n) is 8.13. The van der Waals surface area contributed by atoms with Crippen LogP contribution in [0.25, 0.3) is 0 Å². The second-order valence-electron chi connectivity index (χ2n) is 5.77. The SMILES string of the molecule is c1ccc(CNc2ccnc(NC3CCCCCC3)n2)nc1. The predicted molar refractivity (Wildman–Crippen MR) is 88.7 cm³/mol. The Kier molecular flexibility index (Phi) is 5.18. The van der Waals surface area contributed by atoms with Crippen molar-refractivity contribution in [3.8, 4) is 0 Å². The minimum atomic E-state index is 0.508. The first-order chi connectivity index (χ1) is 10.9. The molecule has 1 aliphatic carbocycles. The number of nitrogens with zero attached hydrogens (tertiary/aromatic N) is 3. The number of nitrogens with one attached hydrogen (secondary N) is 2. The third-order valence-corrected chi connectivity index (χ3v) is 4.02. The predicted octanol–water partition coefficient (Wildman–Crippen LogP) is 3.62. The fourth-order valence-corrected chi connectivity index (χ4v) is 2.82. The zero-order valence-electron chi connectivity index (χ0n) is 12.8. The quantitative estimate of drug-likeness (QED) is 0.825. The van der Waals surface area contributed by atoms with Gasteiger partial charge in [-0.15, -0.1) is 0 Å². The minimum absolute atomic E-state index is 0.508. The molecule has 3 rings (SSSR count). The molecule has 2 N–H and O–H groups in total. The maximum Gasteiger partial charge on any atom is 0.224 e. The monoisotopic (exact) mass is 297 g/mol. The van der Waals surface area contributed by atoms with Gasteiger partial charge in [0.25, 0.3) is 0 Å². The van der Waals surface area contributed by atoms with Gasteiger partial charge in [0, 0.05) is 18.4 Å². The van der Waals surface area contributed by atoms with Crippen LogP contribution in [0.3, 0.4) is 0 Å². The average molecular weight is 297 g/mol. The maximum atomic E-state index is 4.55. The Hall–Kier alpha value is -2.17. The van der Waals surface area contributed by atoms with Crippen molar-refractivity contribution in [2.45, 2.75) is 51.1 Å².